The lowest BCUT2D eigenvalue weighted by Gasteiger charge is -2.11. The van der Waals surface area contributed by atoms with Gasteiger partial charge in [-0.05, 0) is 45.3 Å². The molecule has 0 radical (unpaired) electrons. The molecule has 26 heavy (non-hydrogen) atoms. The van der Waals surface area contributed by atoms with Crippen molar-refractivity contribution in [2.75, 3.05) is 20.6 Å². The Bertz CT molecular complexity index is 1130. The Balaban J connectivity index is 1.94. The minimum atomic E-state index is -0.365. The van der Waals surface area contributed by atoms with Crippen LogP contribution < -0.4 is 0 Å². The number of hydrogen-bond donors (Lipinski definition) is 0. The van der Waals surface area contributed by atoms with E-state index in [4.69, 9.17) is 4.98 Å². The van der Waals surface area contributed by atoms with Crippen LogP contribution in [-0.2, 0) is 6.54 Å². The van der Waals surface area contributed by atoms with Crippen molar-refractivity contribution in [1.29, 1.82) is 0 Å². The summed E-state index contributed by atoms with van der Waals surface area (Å²) in [7, 11) is 4.14. The monoisotopic (exact) mass is 348 g/mol. The Labute approximate surface area is 150 Å². The second-order valence-electron chi connectivity index (χ2n) is 6.82. The van der Waals surface area contributed by atoms with Crippen molar-refractivity contribution in [1.82, 2.24) is 14.5 Å². The maximum absolute atomic E-state index is 11.1. The zero-order valence-corrected chi connectivity index (χ0v) is 14.8. The van der Waals surface area contributed by atoms with Gasteiger partial charge < -0.3 is 9.47 Å². The third kappa shape index (κ3) is 2.78. The van der Waals surface area contributed by atoms with Crippen molar-refractivity contribution in [3.63, 3.8) is 0 Å². The van der Waals surface area contributed by atoms with Crippen LogP contribution in [0.4, 0.5) is 5.69 Å². The van der Waals surface area contributed by atoms with Gasteiger partial charge in [0.1, 0.15) is 0 Å². The van der Waals surface area contributed by atoms with Gasteiger partial charge in [-0.1, -0.05) is 18.2 Å². The van der Waals surface area contributed by atoms with Crippen LogP contribution in [-0.4, -0.2) is 40.0 Å². The van der Waals surface area contributed by atoms with Gasteiger partial charge in [-0.3, -0.25) is 10.1 Å². The van der Waals surface area contributed by atoms with Crippen LogP contribution in [0.25, 0.3) is 32.8 Å². The number of para-hydroxylation sites is 1. The lowest BCUT2D eigenvalue weighted by atomic mass is 10.1. The van der Waals surface area contributed by atoms with Crippen LogP contribution in [0.15, 0.2) is 48.5 Å². The molecule has 0 fully saturated rings. The Hall–Kier alpha value is -2.99. The quantitative estimate of drug-likeness (QED) is 0.400. The molecule has 2 aromatic carbocycles. The molecule has 2 aromatic heterocycles. The van der Waals surface area contributed by atoms with Crippen LogP contribution in [0.1, 0.15) is 6.42 Å². The van der Waals surface area contributed by atoms with E-state index in [0.717, 1.165) is 52.3 Å². The number of nitro benzene ring substituents is 1. The van der Waals surface area contributed by atoms with Gasteiger partial charge in [-0.2, -0.15) is 0 Å². The van der Waals surface area contributed by atoms with E-state index in [1.54, 1.807) is 12.1 Å². The van der Waals surface area contributed by atoms with Crippen LogP contribution >= 0.6 is 0 Å². The number of aromatic nitrogens is 2. The average molecular weight is 348 g/mol. The Morgan fingerprint density at radius 1 is 1.12 bits per heavy atom. The van der Waals surface area contributed by atoms with Crippen molar-refractivity contribution >= 4 is 38.5 Å². The fourth-order valence-corrected chi connectivity index (χ4v) is 3.50. The van der Waals surface area contributed by atoms with E-state index in [0.29, 0.717) is 0 Å². The van der Waals surface area contributed by atoms with Gasteiger partial charge in [0.15, 0.2) is 0 Å². The largest absolute Gasteiger partial charge is 0.339 e. The molecule has 0 bridgehead atoms. The second kappa shape index (κ2) is 6.38. The molecule has 0 atom stereocenters. The molecular weight excluding hydrogens is 328 g/mol. The topological polar surface area (TPSA) is 64.2 Å². The van der Waals surface area contributed by atoms with Crippen molar-refractivity contribution < 1.29 is 4.92 Å². The fraction of sp³-hybridized carbons (Fsp3) is 0.250. The number of rotatable bonds is 5. The lowest BCUT2D eigenvalue weighted by Crippen LogP contribution is -2.15. The summed E-state index contributed by atoms with van der Waals surface area (Å²) in [6.45, 7) is 1.88. The van der Waals surface area contributed by atoms with Gasteiger partial charge in [-0.15, -0.1) is 0 Å². The Morgan fingerprint density at radius 2 is 1.92 bits per heavy atom. The third-order valence-electron chi connectivity index (χ3n) is 4.72. The molecule has 6 nitrogen and oxygen atoms in total. The number of nitrogens with zero attached hydrogens (tertiary/aromatic N) is 4. The van der Waals surface area contributed by atoms with E-state index in [-0.39, 0.29) is 10.6 Å². The molecule has 0 aliphatic rings. The standard InChI is InChI=1S/C20H20N4O2/c1-22(2)10-5-11-23-18-7-4-3-6-16(18)20-19(23)13-14-12-15(24(25)26)8-9-17(14)21-20/h3-4,6-9,12-13H,5,10-11H2,1-2H3. The highest BCUT2D eigenvalue weighted by Crippen LogP contribution is 2.31. The molecule has 0 spiro atoms. The highest BCUT2D eigenvalue weighted by atomic mass is 16.6. The molecule has 0 N–H and O–H groups in total. The maximum atomic E-state index is 11.1. The zero-order chi connectivity index (χ0) is 18.3. The second-order valence-corrected chi connectivity index (χ2v) is 6.82. The summed E-state index contributed by atoms with van der Waals surface area (Å²) >= 11 is 0. The molecule has 4 aromatic rings. The summed E-state index contributed by atoms with van der Waals surface area (Å²) in [5.74, 6) is 0. The van der Waals surface area contributed by atoms with E-state index in [2.05, 4.69) is 35.7 Å². The summed E-state index contributed by atoms with van der Waals surface area (Å²) in [6.07, 6.45) is 1.02. The molecule has 0 aliphatic carbocycles. The molecule has 0 amide bonds. The van der Waals surface area contributed by atoms with E-state index < -0.39 is 0 Å². The normalized spacial score (nSPS) is 11.8. The van der Waals surface area contributed by atoms with Crippen LogP contribution in [0.3, 0.4) is 0 Å². The molecule has 0 unspecified atom stereocenters. The highest BCUT2D eigenvalue weighted by molar-refractivity contribution is 6.09. The van der Waals surface area contributed by atoms with Crippen LogP contribution in [0, 0.1) is 10.1 Å². The summed E-state index contributed by atoms with van der Waals surface area (Å²) in [5.41, 5.74) is 4.00. The van der Waals surface area contributed by atoms with Crippen molar-refractivity contribution in [3.05, 3.63) is 58.6 Å². The van der Waals surface area contributed by atoms with Gasteiger partial charge in [0.05, 0.1) is 27.0 Å². The van der Waals surface area contributed by atoms with Gasteiger partial charge in [0.2, 0.25) is 0 Å². The number of pyridine rings is 1. The van der Waals surface area contributed by atoms with Crippen LogP contribution in [0.5, 0.6) is 0 Å². The molecule has 0 saturated heterocycles. The smallest absolute Gasteiger partial charge is 0.270 e. The Morgan fingerprint density at radius 3 is 2.69 bits per heavy atom. The van der Waals surface area contributed by atoms with Crippen molar-refractivity contribution in [2.24, 2.45) is 0 Å². The van der Waals surface area contributed by atoms with Crippen molar-refractivity contribution in [3.8, 4) is 0 Å². The van der Waals surface area contributed by atoms with Gasteiger partial charge >= 0.3 is 0 Å². The highest BCUT2D eigenvalue weighted by Gasteiger charge is 2.14. The predicted molar refractivity (Wildman–Crippen MR) is 105 cm³/mol. The number of hydrogen-bond acceptors (Lipinski definition) is 4. The van der Waals surface area contributed by atoms with E-state index >= 15 is 0 Å². The first-order chi connectivity index (χ1) is 12.5. The van der Waals surface area contributed by atoms with Gasteiger partial charge in [0, 0.05) is 29.4 Å². The number of non-ortho nitro benzene ring substituents is 1. The number of fused-ring (bicyclic) bond motifs is 4. The molecule has 4 rings (SSSR count). The molecule has 6 heteroatoms. The predicted octanol–water partition coefficient (Wildman–Crippen LogP) is 4.20. The van der Waals surface area contributed by atoms with Crippen molar-refractivity contribution in [2.45, 2.75) is 13.0 Å². The molecular formula is C20H20N4O2. The number of aryl methyl sites for hydroxylation is 1. The molecule has 0 saturated carbocycles. The lowest BCUT2D eigenvalue weighted by molar-refractivity contribution is -0.384. The minimum Gasteiger partial charge on any atom is -0.339 e. The number of nitro groups is 1. The Kier molecular flexibility index (Phi) is 4.05. The zero-order valence-electron chi connectivity index (χ0n) is 14.8. The molecule has 0 aliphatic heterocycles. The first-order valence-electron chi connectivity index (χ1n) is 8.65. The first-order valence-corrected chi connectivity index (χ1v) is 8.65. The van der Waals surface area contributed by atoms with E-state index in [9.17, 15) is 10.1 Å². The van der Waals surface area contributed by atoms with E-state index in [1.807, 2.05) is 18.2 Å². The maximum Gasteiger partial charge on any atom is 0.270 e. The number of benzene rings is 2. The summed E-state index contributed by atoms with van der Waals surface area (Å²) in [5, 5.41) is 13.0. The summed E-state index contributed by atoms with van der Waals surface area (Å²) in [4.78, 5) is 17.7. The van der Waals surface area contributed by atoms with Gasteiger partial charge in [-0.25, -0.2) is 4.98 Å². The molecule has 132 valence electrons. The fourth-order valence-electron chi connectivity index (χ4n) is 3.50. The minimum absolute atomic E-state index is 0.0916. The third-order valence-corrected chi connectivity index (χ3v) is 4.72. The molecule has 2 heterocycles. The first kappa shape index (κ1) is 16.5. The van der Waals surface area contributed by atoms with Crippen LogP contribution in [0.2, 0.25) is 0 Å². The average Bonchev–Trinajstić information content (AvgIpc) is 2.92. The van der Waals surface area contributed by atoms with E-state index in [1.165, 1.54) is 6.07 Å². The summed E-state index contributed by atoms with van der Waals surface area (Å²) in [6, 6.07) is 15.1. The van der Waals surface area contributed by atoms with Gasteiger partial charge in [0.25, 0.3) is 5.69 Å². The SMILES string of the molecule is CN(C)CCCn1c2ccccc2c2nc3ccc([N+](=O)[O-])cc3cc21. The summed E-state index contributed by atoms with van der Waals surface area (Å²) < 4.78 is 2.28.